The molecule has 4 heteroatoms. The van der Waals surface area contributed by atoms with Gasteiger partial charge in [-0.2, -0.15) is 0 Å². The molecular formula is C26H34O4. The molecule has 1 aliphatic rings. The number of aliphatic hydroxyl groups is 1. The molecule has 162 valence electrons. The van der Waals surface area contributed by atoms with E-state index < -0.39 is 5.60 Å². The molecule has 0 saturated heterocycles. The van der Waals surface area contributed by atoms with Gasteiger partial charge in [0.05, 0.1) is 25.2 Å². The number of ether oxygens (including phenoxy) is 2. The Bertz CT molecular complexity index is 787. The summed E-state index contributed by atoms with van der Waals surface area (Å²) in [7, 11) is 1.42. The second-order valence-corrected chi connectivity index (χ2v) is 8.34. The first-order valence-electron chi connectivity index (χ1n) is 11.2. The normalized spacial score (nSPS) is 21.2. The van der Waals surface area contributed by atoms with Crippen molar-refractivity contribution >= 4 is 5.97 Å². The highest BCUT2D eigenvalue weighted by molar-refractivity contribution is 5.72. The molecule has 2 aromatic rings. The number of esters is 1. The van der Waals surface area contributed by atoms with Crippen LogP contribution in [0.4, 0.5) is 0 Å². The Morgan fingerprint density at radius 2 is 1.57 bits per heavy atom. The molecule has 0 unspecified atom stereocenters. The molecular weight excluding hydrogens is 376 g/mol. The van der Waals surface area contributed by atoms with Gasteiger partial charge in [0.2, 0.25) is 0 Å². The number of unbranched alkanes of at least 4 members (excludes halogenated alkanes) is 3. The topological polar surface area (TPSA) is 55.8 Å². The first-order valence-corrected chi connectivity index (χ1v) is 11.2. The molecule has 2 aromatic carbocycles. The van der Waals surface area contributed by atoms with Crippen LogP contribution in [0.2, 0.25) is 0 Å². The maximum Gasteiger partial charge on any atom is 0.308 e. The van der Waals surface area contributed by atoms with Gasteiger partial charge in [0, 0.05) is 0 Å². The van der Waals surface area contributed by atoms with Gasteiger partial charge in [0.15, 0.2) is 0 Å². The van der Waals surface area contributed by atoms with Crippen LogP contribution in [0.1, 0.15) is 63.9 Å². The minimum Gasteiger partial charge on any atom is -0.494 e. The van der Waals surface area contributed by atoms with E-state index in [1.54, 1.807) is 0 Å². The van der Waals surface area contributed by atoms with Gasteiger partial charge in [-0.3, -0.25) is 4.79 Å². The molecule has 1 saturated carbocycles. The van der Waals surface area contributed by atoms with Crippen LogP contribution >= 0.6 is 0 Å². The van der Waals surface area contributed by atoms with Gasteiger partial charge in [-0.15, -0.1) is 0 Å². The third-order valence-electron chi connectivity index (χ3n) is 6.22. The molecule has 4 nitrogen and oxygen atoms in total. The molecule has 0 amide bonds. The fourth-order valence-corrected chi connectivity index (χ4v) is 4.22. The van der Waals surface area contributed by atoms with E-state index in [1.807, 2.05) is 24.3 Å². The Morgan fingerprint density at radius 3 is 2.13 bits per heavy atom. The Balaban J connectivity index is 1.57. The van der Waals surface area contributed by atoms with Crippen molar-refractivity contribution in [1.82, 2.24) is 0 Å². The summed E-state index contributed by atoms with van der Waals surface area (Å²) in [5.74, 6) is 0.645. The highest BCUT2D eigenvalue weighted by Gasteiger charge is 2.37. The number of hydrogen-bond donors (Lipinski definition) is 1. The van der Waals surface area contributed by atoms with Crippen molar-refractivity contribution in [3.8, 4) is 16.9 Å². The van der Waals surface area contributed by atoms with Gasteiger partial charge in [-0.05, 0) is 60.9 Å². The molecule has 0 aliphatic heterocycles. The van der Waals surface area contributed by atoms with Crippen molar-refractivity contribution in [3.05, 3.63) is 54.1 Å². The number of hydrogen-bond acceptors (Lipinski definition) is 4. The van der Waals surface area contributed by atoms with Gasteiger partial charge in [-0.25, -0.2) is 0 Å². The van der Waals surface area contributed by atoms with Crippen molar-refractivity contribution in [1.29, 1.82) is 0 Å². The molecule has 1 N–H and O–H groups in total. The van der Waals surface area contributed by atoms with Crippen LogP contribution in [-0.2, 0) is 15.1 Å². The number of benzene rings is 2. The van der Waals surface area contributed by atoms with Crippen LogP contribution < -0.4 is 4.74 Å². The molecule has 1 fully saturated rings. The molecule has 1 aliphatic carbocycles. The average Bonchev–Trinajstić information content (AvgIpc) is 2.79. The number of rotatable bonds is 9. The van der Waals surface area contributed by atoms with E-state index in [4.69, 9.17) is 9.47 Å². The van der Waals surface area contributed by atoms with Crippen LogP contribution in [0.3, 0.4) is 0 Å². The van der Waals surface area contributed by atoms with Crippen molar-refractivity contribution in [2.45, 2.75) is 63.9 Å². The largest absolute Gasteiger partial charge is 0.494 e. The third kappa shape index (κ3) is 5.63. The van der Waals surface area contributed by atoms with Gasteiger partial charge < -0.3 is 14.6 Å². The summed E-state index contributed by atoms with van der Waals surface area (Å²) in [6, 6.07) is 16.3. The first kappa shape index (κ1) is 22.4. The maximum absolute atomic E-state index is 11.7. The lowest BCUT2D eigenvalue weighted by Gasteiger charge is -2.35. The molecule has 0 spiro atoms. The highest BCUT2D eigenvalue weighted by Crippen LogP contribution is 2.40. The quantitative estimate of drug-likeness (QED) is 0.415. The molecule has 0 aromatic heterocycles. The van der Waals surface area contributed by atoms with E-state index in [0.717, 1.165) is 35.5 Å². The molecule has 0 bridgehead atoms. The van der Waals surface area contributed by atoms with Crippen LogP contribution in [0.15, 0.2) is 48.5 Å². The molecule has 30 heavy (non-hydrogen) atoms. The van der Waals surface area contributed by atoms with E-state index in [-0.39, 0.29) is 11.9 Å². The van der Waals surface area contributed by atoms with Crippen LogP contribution in [0.25, 0.3) is 11.1 Å². The average molecular weight is 411 g/mol. The van der Waals surface area contributed by atoms with Crippen LogP contribution in [-0.4, -0.2) is 24.8 Å². The summed E-state index contributed by atoms with van der Waals surface area (Å²) in [5, 5.41) is 11.1. The summed E-state index contributed by atoms with van der Waals surface area (Å²) in [6.07, 6.45) is 7.29. The summed E-state index contributed by atoms with van der Waals surface area (Å²) >= 11 is 0. The van der Waals surface area contributed by atoms with Crippen LogP contribution in [0, 0.1) is 5.92 Å². The Hall–Kier alpha value is -2.33. The Kier molecular flexibility index (Phi) is 7.92. The van der Waals surface area contributed by atoms with Crippen molar-refractivity contribution < 1.29 is 19.4 Å². The van der Waals surface area contributed by atoms with Gasteiger partial charge >= 0.3 is 5.97 Å². The van der Waals surface area contributed by atoms with E-state index in [1.165, 1.54) is 26.4 Å². The van der Waals surface area contributed by atoms with Crippen molar-refractivity contribution in [2.75, 3.05) is 13.7 Å². The highest BCUT2D eigenvalue weighted by atomic mass is 16.5. The number of carbonyl (C=O) groups excluding carboxylic acids is 1. The van der Waals surface area contributed by atoms with Gasteiger partial charge in [0.1, 0.15) is 5.75 Å². The third-order valence-corrected chi connectivity index (χ3v) is 6.22. The second kappa shape index (κ2) is 10.6. The number of carbonyl (C=O) groups is 1. The zero-order valence-corrected chi connectivity index (χ0v) is 18.2. The second-order valence-electron chi connectivity index (χ2n) is 8.34. The predicted octanol–water partition coefficient (Wildman–Crippen LogP) is 5.86. The lowest BCUT2D eigenvalue weighted by molar-refractivity contribution is -0.148. The van der Waals surface area contributed by atoms with Gasteiger partial charge in [0.25, 0.3) is 0 Å². The predicted molar refractivity (Wildman–Crippen MR) is 119 cm³/mol. The monoisotopic (exact) mass is 410 g/mol. The van der Waals surface area contributed by atoms with E-state index >= 15 is 0 Å². The van der Waals surface area contributed by atoms with Crippen molar-refractivity contribution in [2.24, 2.45) is 5.92 Å². The smallest absolute Gasteiger partial charge is 0.308 e. The maximum atomic E-state index is 11.7. The van der Waals surface area contributed by atoms with Crippen LogP contribution in [0.5, 0.6) is 5.75 Å². The summed E-state index contributed by atoms with van der Waals surface area (Å²) in [6.45, 7) is 2.98. The zero-order chi connectivity index (χ0) is 21.4. The molecule has 0 radical (unpaired) electrons. The lowest BCUT2D eigenvalue weighted by atomic mass is 9.75. The minimum absolute atomic E-state index is 0.0954. The van der Waals surface area contributed by atoms with Gasteiger partial charge in [-0.1, -0.05) is 62.6 Å². The van der Waals surface area contributed by atoms with Crippen molar-refractivity contribution in [3.63, 3.8) is 0 Å². The molecule has 3 rings (SSSR count). The molecule has 0 heterocycles. The summed E-state index contributed by atoms with van der Waals surface area (Å²) < 4.78 is 10.7. The minimum atomic E-state index is -0.863. The molecule has 0 atom stereocenters. The lowest BCUT2D eigenvalue weighted by Crippen LogP contribution is -2.34. The fraction of sp³-hybridized carbons (Fsp3) is 0.500. The fourth-order valence-electron chi connectivity index (χ4n) is 4.22. The number of methoxy groups -OCH3 is 1. The van der Waals surface area contributed by atoms with E-state index in [2.05, 4.69) is 31.2 Å². The SMILES string of the molecule is CCCCCCOc1ccc(-c2ccc(C3(O)CCC(C(=O)OC)CC3)cc2)cc1. The Labute approximate surface area is 180 Å². The first-order chi connectivity index (χ1) is 14.6. The summed E-state index contributed by atoms with van der Waals surface area (Å²) in [4.78, 5) is 11.7. The standard InChI is InChI=1S/C26H34O4/c1-3-4-5-6-19-30-24-13-9-21(10-14-24)20-7-11-23(12-8-20)26(28)17-15-22(16-18-26)25(27)29-2/h7-14,22,28H,3-6,15-19H2,1-2H3. The Morgan fingerprint density at radius 1 is 0.967 bits per heavy atom. The van der Waals surface area contributed by atoms with E-state index in [0.29, 0.717) is 25.7 Å². The summed E-state index contributed by atoms with van der Waals surface area (Å²) in [5.41, 5.74) is 2.29. The van der Waals surface area contributed by atoms with E-state index in [9.17, 15) is 9.90 Å². The zero-order valence-electron chi connectivity index (χ0n) is 18.2.